The van der Waals surface area contributed by atoms with Crippen LogP contribution >= 0.6 is 0 Å². The van der Waals surface area contributed by atoms with Crippen molar-refractivity contribution in [2.75, 3.05) is 0 Å². The van der Waals surface area contributed by atoms with Crippen molar-refractivity contribution in [3.8, 4) is 0 Å². The molecule has 2 rings (SSSR count). The molecule has 1 aliphatic rings. The highest BCUT2D eigenvalue weighted by atomic mass is 28.3. The van der Waals surface area contributed by atoms with Gasteiger partial charge in [0.05, 0.1) is 14.2 Å². The van der Waals surface area contributed by atoms with E-state index in [1.54, 1.807) is 0 Å². The third kappa shape index (κ3) is 3.73. The maximum absolute atomic E-state index is 10.6. The Labute approximate surface area is 125 Å². The lowest BCUT2D eigenvalue weighted by atomic mass is 9.84. The maximum Gasteiger partial charge on any atom is 0.0835 e. The largest absolute Gasteiger partial charge is 0.393 e. The van der Waals surface area contributed by atoms with Crippen molar-refractivity contribution in [3.63, 3.8) is 0 Å². The summed E-state index contributed by atoms with van der Waals surface area (Å²) in [6.45, 7) is 7.24. The minimum Gasteiger partial charge on any atom is -0.393 e. The first-order valence-corrected chi connectivity index (χ1v) is 11.3. The molecule has 2 atom stereocenters. The van der Waals surface area contributed by atoms with Gasteiger partial charge in [0, 0.05) is 0 Å². The fourth-order valence-electron chi connectivity index (χ4n) is 3.52. The highest BCUT2D eigenvalue weighted by Gasteiger charge is 2.33. The van der Waals surface area contributed by atoms with Gasteiger partial charge >= 0.3 is 0 Å². The number of aliphatic hydroxyl groups excluding tert-OH is 1. The number of hydrogen-bond donors (Lipinski definition) is 1. The van der Waals surface area contributed by atoms with Crippen molar-refractivity contribution >= 4 is 13.3 Å². The predicted octanol–water partition coefficient (Wildman–Crippen LogP) is 4.32. The monoisotopic (exact) mass is 290 g/mol. The van der Waals surface area contributed by atoms with Crippen LogP contribution in [0.5, 0.6) is 0 Å². The predicted molar refractivity (Wildman–Crippen MR) is 90.2 cm³/mol. The average Bonchev–Trinajstić information content (AvgIpc) is 2.49. The normalized spacial score (nSPS) is 20.6. The van der Waals surface area contributed by atoms with Crippen LogP contribution in [-0.2, 0) is 0 Å². The van der Waals surface area contributed by atoms with Crippen LogP contribution in [0.1, 0.15) is 45.4 Å². The fraction of sp³-hybridized carbons (Fsp3) is 0.667. The third-order valence-corrected chi connectivity index (χ3v) is 10.1. The Balaban J connectivity index is 1.97. The molecular formula is C18H30OSi. The summed E-state index contributed by atoms with van der Waals surface area (Å²) in [7, 11) is -1.47. The summed E-state index contributed by atoms with van der Waals surface area (Å²) >= 11 is 0. The highest BCUT2D eigenvalue weighted by Crippen LogP contribution is 2.33. The van der Waals surface area contributed by atoms with Gasteiger partial charge in [-0.3, -0.25) is 0 Å². The van der Waals surface area contributed by atoms with Gasteiger partial charge in [-0.05, 0) is 30.7 Å². The number of benzene rings is 1. The molecule has 1 fully saturated rings. The lowest BCUT2D eigenvalue weighted by Gasteiger charge is -2.35. The van der Waals surface area contributed by atoms with Crippen molar-refractivity contribution < 1.29 is 5.11 Å². The van der Waals surface area contributed by atoms with E-state index in [1.165, 1.54) is 37.3 Å². The van der Waals surface area contributed by atoms with E-state index >= 15 is 0 Å². The van der Waals surface area contributed by atoms with Gasteiger partial charge in [0.2, 0.25) is 0 Å². The Morgan fingerprint density at radius 2 is 1.70 bits per heavy atom. The lowest BCUT2D eigenvalue weighted by Crippen LogP contribution is -2.46. The molecule has 0 amide bonds. The quantitative estimate of drug-likeness (QED) is 0.801. The smallest absolute Gasteiger partial charge is 0.0835 e. The fourth-order valence-corrected chi connectivity index (χ4v) is 5.97. The number of aliphatic hydroxyl groups is 1. The van der Waals surface area contributed by atoms with Crippen molar-refractivity contribution in [1.29, 1.82) is 0 Å². The molecule has 1 N–H and O–H groups in total. The van der Waals surface area contributed by atoms with E-state index < -0.39 is 8.07 Å². The van der Waals surface area contributed by atoms with Crippen LogP contribution in [0.25, 0.3) is 0 Å². The topological polar surface area (TPSA) is 20.2 Å². The van der Waals surface area contributed by atoms with Gasteiger partial charge in [-0.15, -0.1) is 0 Å². The van der Waals surface area contributed by atoms with Crippen molar-refractivity contribution in [2.24, 2.45) is 5.92 Å². The van der Waals surface area contributed by atoms with E-state index in [0.29, 0.717) is 11.5 Å². The SMILES string of the molecule is C[C@@H](C[C@H](O)C1CCCCC1)[Si](C)(C)c1ccccc1. The van der Waals surface area contributed by atoms with E-state index in [9.17, 15) is 5.11 Å². The lowest BCUT2D eigenvalue weighted by molar-refractivity contribution is 0.0762. The molecule has 2 heteroatoms. The Hall–Kier alpha value is -0.603. The summed E-state index contributed by atoms with van der Waals surface area (Å²) in [6.07, 6.45) is 7.37. The van der Waals surface area contributed by atoms with Gasteiger partial charge in [0.1, 0.15) is 0 Å². The molecule has 0 bridgehead atoms. The molecule has 1 aliphatic carbocycles. The van der Waals surface area contributed by atoms with Crippen LogP contribution < -0.4 is 5.19 Å². The Bertz CT molecular complexity index is 395. The van der Waals surface area contributed by atoms with E-state index in [-0.39, 0.29) is 6.10 Å². The second-order valence-corrected chi connectivity index (χ2v) is 12.2. The van der Waals surface area contributed by atoms with Crippen LogP contribution in [0.4, 0.5) is 0 Å². The third-order valence-electron chi connectivity index (χ3n) is 5.54. The van der Waals surface area contributed by atoms with Crippen LogP contribution in [0.3, 0.4) is 0 Å². The molecule has 0 heterocycles. The average molecular weight is 291 g/mol. The molecule has 0 unspecified atom stereocenters. The summed E-state index contributed by atoms with van der Waals surface area (Å²) in [6, 6.07) is 10.9. The zero-order valence-corrected chi connectivity index (χ0v) is 14.3. The number of hydrogen-bond acceptors (Lipinski definition) is 1. The van der Waals surface area contributed by atoms with Gasteiger partial charge in [-0.2, -0.15) is 0 Å². The van der Waals surface area contributed by atoms with Gasteiger partial charge < -0.3 is 5.11 Å². The van der Waals surface area contributed by atoms with Gasteiger partial charge in [-0.25, -0.2) is 0 Å². The zero-order chi connectivity index (χ0) is 14.6. The molecule has 1 aromatic rings. The van der Waals surface area contributed by atoms with Crippen LogP contribution in [0.15, 0.2) is 30.3 Å². The molecular weight excluding hydrogens is 260 g/mol. The zero-order valence-electron chi connectivity index (χ0n) is 13.3. The molecule has 1 aromatic carbocycles. The minimum atomic E-state index is -1.47. The molecule has 0 aliphatic heterocycles. The minimum absolute atomic E-state index is 0.0826. The molecule has 0 spiro atoms. The Morgan fingerprint density at radius 1 is 1.10 bits per heavy atom. The van der Waals surface area contributed by atoms with Gasteiger partial charge in [-0.1, -0.05) is 74.8 Å². The van der Waals surface area contributed by atoms with Crippen molar-refractivity contribution in [2.45, 2.75) is 70.2 Å². The molecule has 1 nitrogen and oxygen atoms in total. The standard InChI is InChI=1S/C18H30OSi/c1-15(14-18(19)16-10-6-4-7-11-16)20(2,3)17-12-8-5-9-13-17/h5,8-9,12-13,15-16,18-19H,4,6-7,10-11,14H2,1-3H3/t15-,18-/m0/s1. The van der Waals surface area contributed by atoms with E-state index in [4.69, 9.17) is 0 Å². The van der Waals surface area contributed by atoms with Gasteiger partial charge in [0.25, 0.3) is 0 Å². The van der Waals surface area contributed by atoms with Crippen molar-refractivity contribution in [3.05, 3.63) is 30.3 Å². The summed E-state index contributed by atoms with van der Waals surface area (Å²) in [5.41, 5.74) is 0.627. The summed E-state index contributed by atoms with van der Waals surface area (Å²) in [5.74, 6) is 0.562. The van der Waals surface area contributed by atoms with Crippen LogP contribution in [0, 0.1) is 5.92 Å². The second-order valence-electron chi connectivity index (χ2n) is 7.19. The summed E-state index contributed by atoms with van der Waals surface area (Å²) in [4.78, 5) is 0. The second kappa shape index (κ2) is 6.90. The van der Waals surface area contributed by atoms with Crippen molar-refractivity contribution in [1.82, 2.24) is 0 Å². The van der Waals surface area contributed by atoms with Crippen LogP contribution in [-0.4, -0.2) is 19.3 Å². The maximum atomic E-state index is 10.6. The summed E-state index contributed by atoms with van der Waals surface area (Å²) in [5, 5.41) is 12.1. The first-order valence-electron chi connectivity index (χ1n) is 8.25. The van der Waals surface area contributed by atoms with E-state index in [2.05, 4.69) is 50.3 Å². The molecule has 0 radical (unpaired) electrons. The molecule has 112 valence electrons. The first kappa shape index (κ1) is 15.8. The van der Waals surface area contributed by atoms with E-state index in [0.717, 1.165) is 6.42 Å². The van der Waals surface area contributed by atoms with Gasteiger partial charge in [0.15, 0.2) is 0 Å². The molecule has 0 aromatic heterocycles. The molecule has 20 heavy (non-hydrogen) atoms. The highest BCUT2D eigenvalue weighted by molar-refractivity contribution is 6.90. The molecule has 0 saturated heterocycles. The Kier molecular flexibility index (Phi) is 5.45. The van der Waals surface area contributed by atoms with Crippen LogP contribution in [0.2, 0.25) is 18.6 Å². The summed E-state index contributed by atoms with van der Waals surface area (Å²) < 4.78 is 0. The van der Waals surface area contributed by atoms with E-state index in [1.807, 2.05) is 0 Å². The Morgan fingerprint density at radius 3 is 2.30 bits per heavy atom. The first-order chi connectivity index (χ1) is 9.51. The number of rotatable bonds is 5. The molecule has 1 saturated carbocycles.